The summed E-state index contributed by atoms with van der Waals surface area (Å²) >= 11 is 2.91. The molecule has 0 aliphatic rings. The molecule has 8 nitrogen and oxygen atoms in total. The zero-order chi connectivity index (χ0) is 21.9. The second-order valence-corrected chi connectivity index (χ2v) is 8.56. The minimum atomic E-state index is -0.515. The first-order valence-corrected chi connectivity index (χ1v) is 11.6. The predicted octanol–water partition coefficient (Wildman–Crippen LogP) is 3.85. The third-order valence-corrected chi connectivity index (χ3v) is 5.43. The number of thioether (sulfide) groups is 2. The van der Waals surface area contributed by atoms with Gasteiger partial charge >= 0.3 is 0 Å². The topological polar surface area (TPSA) is 101 Å². The van der Waals surface area contributed by atoms with Crippen molar-refractivity contribution >= 4 is 35.1 Å². The minimum absolute atomic E-state index is 0.186. The molecule has 162 valence electrons. The zero-order valence-electron chi connectivity index (χ0n) is 17.2. The molecule has 1 heterocycles. The first-order chi connectivity index (χ1) is 14.4. The van der Waals surface area contributed by atoms with Crippen molar-refractivity contribution in [1.29, 1.82) is 0 Å². The van der Waals surface area contributed by atoms with Gasteiger partial charge in [0, 0.05) is 23.5 Å². The summed E-state index contributed by atoms with van der Waals surface area (Å²) < 4.78 is 5.76. The zero-order valence-corrected chi connectivity index (χ0v) is 18.8. The van der Waals surface area contributed by atoms with Crippen LogP contribution in [-0.4, -0.2) is 48.4 Å². The number of anilines is 1. The van der Waals surface area contributed by atoms with Gasteiger partial charge in [0.25, 0.3) is 12.1 Å². The number of benzene rings is 1. The van der Waals surface area contributed by atoms with Crippen LogP contribution in [0.3, 0.4) is 0 Å². The van der Waals surface area contributed by atoms with Crippen LogP contribution >= 0.6 is 23.5 Å². The Hall–Kier alpha value is -2.43. The third-order valence-electron chi connectivity index (χ3n) is 3.80. The Kier molecular flexibility index (Phi) is 9.78. The van der Waals surface area contributed by atoms with Crippen molar-refractivity contribution in [3.05, 3.63) is 74.8 Å². The van der Waals surface area contributed by atoms with E-state index in [2.05, 4.69) is 15.5 Å². The highest BCUT2D eigenvalue weighted by molar-refractivity contribution is 8.02. The van der Waals surface area contributed by atoms with Crippen molar-refractivity contribution in [3.8, 4) is 0 Å². The van der Waals surface area contributed by atoms with Gasteiger partial charge in [0.1, 0.15) is 16.5 Å². The molecule has 2 N–H and O–H groups in total. The molecule has 2 aromatic rings. The van der Waals surface area contributed by atoms with Gasteiger partial charge in [-0.25, -0.2) is 0 Å². The Balaban J connectivity index is 1.77. The number of nitrogens with one attached hydrogen (secondary N) is 2. The molecule has 10 heteroatoms. The van der Waals surface area contributed by atoms with E-state index >= 15 is 0 Å². The van der Waals surface area contributed by atoms with Crippen LogP contribution in [0.25, 0.3) is 0 Å². The summed E-state index contributed by atoms with van der Waals surface area (Å²) in [7, 11) is 3.99. The molecule has 0 atom stereocenters. The lowest BCUT2D eigenvalue weighted by Gasteiger charge is -2.09. The van der Waals surface area contributed by atoms with Crippen molar-refractivity contribution in [3.63, 3.8) is 0 Å². The summed E-state index contributed by atoms with van der Waals surface area (Å²) in [5.74, 6) is 3.19. The Morgan fingerprint density at radius 3 is 2.73 bits per heavy atom. The third kappa shape index (κ3) is 8.52. The number of nitrogens with zero attached hydrogens (tertiary/aromatic N) is 2. The molecule has 0 saturated heterocycles. The van der Waals surface area contributed by atoms with E-state index in [1.165, 1.54) is 11.8 Å². The van der Waals surface area contributed by atoms with Crippen LogP contribution in [-0.2, 0) is 12.3 Å². The summed E-state index contributed by atoms with van der Waals surface area (Å²) in [5, 5.41) is 16.9. The van der Waals surface area contributed by atoms with Crippen LogP contribution < -0.4 is 10.6 Å². The molecule has 1 aromatic heterocycles. The number of nitro groups is 1. The quantitative estimate of drug-likeness (QED) is 0.286. The summed E-state index contributed by atoms with van der Waals surface area (Å²) in [5.41, 5.74) is 1.11. The minimum Gasteiger partial charge on any atom is -0.464 e. The van der Waals surface area contributed by atoms with Crippen LogP contribution in [0.4, 0.5) is 5.69 Å². The molecule has 0 aliphatic heterocycles. The lowest BCUT2D eigenvalue weighted by Crippen LogP contribution is -2.25. The van der Waals surface area contributed by atoms with E-state index in [0.717, 1.165) is 35.8 Å². The molecule has 0 radical (unpaired) electrons. The Labute approximate surface area is 184 Å². The largest absolute Gasteiger partial charge is 0.464 e. The van der Waals surface area contributed by atoms with E-state index in [1.54, 1.807) is 42.3 Å². The Morgan fingerprint density at radius 2 is 2.03 bits per heavy atom. The van der Waals surface area contributed by atoms with Crippen molar-refractivity contribution in [2.75, 3.05) is 38.0 Å². The van der Waals surface area contributed by atoms with Gasteiger partial charge in [-0.2, -0.15) is 11.8 Å². The highest BCUT2D eigenvalue weighted by Crippen LogP contribution is 2.19. The monoisotopic (exact) mass is 450 g/mol. The maximum atomic E-state index is 12.4. The van der Waals surface area contributed by atoms with Crippen molar-refractivity contribution < 1.29 is 14.1 Å². The van der Waals surface area contributed by atoms with Crippen LogP contribution in [0, 0.1) is 10.1 Å². The first-order valence-electron chi connectivity index (χ1n) is 9.22. The van der Waals surface area contributed by atoms with Gasteiger partial charge in [-0.3, -0.25) is 14.9 Å². The molecule has 30 heavy (non-hydrogen) atoms. The summed E-state index contributed by atoms with van der Waals surface area (Å²) in [6.07, 6.45) is 2.64. The number of amides is 1. The summed E-state index contributed by atoms with van der Waals surface area (Å²) in [6, 6.07) is 10.8. The van der Waals surface area contributed by atoms with E-state index in [9.17, 15) is 14.9 Å². The molecule has 0 unspecified atom stereocenters. The van der Waals surface area contributed by atoms with Crippen LogP contribution in [0.2, 0.25) is 0 Å². The molecule has 0 aliphatic carbocycles. The van der Waals surface area contributed by atoms with Gasteiger partial charge < -0.3 is 20.0 Å². The van der Waals surface area contributed by atoms with Gasteiger partial charge in [-0.15, -0.1) is 11.8 Å². The smallest absolute Gasteiger partial charge is 0.264 e. The molecule has 0 spiro atoms. The second kappa shape index (κ2) is 12.3. The van der Waals surface area contributed by atoms with Gasteiger partial charge in [0.05, 0.1) is 17.2 Å². The molecule has 0 bridgehead atoms. The van der Waals surface area contributed by atoms with Crippen molar-refractivity contribution in [1.82, 2.24) is 10.2 Å². The van der Waals surface area contributed by atoms with Crippen LogP contribution in [0.1, 0.15) is 21.9 Å². The molecular weight excluding hydrogens is 424 g/mol. The number of rotatable bonds is 12. The fraction of sp³-hybridized carbons (Fsp3) is 0.350. The van der Waals surface area contributed by atoms with Crippen LogP contribution in [0.5, 0.6) is 0 Å². The second-order valence-electron chi connectivity index (χ2n) is 6.60. The Bertz CT molecular complexity index is 883. The average Bonchev–Trinajstić information content (AvgIpc) is 3.13. The molecular formula is C20H26N4O4S2. The number of carbonyl (C=O) groups excluding carboxylic acids is 1. The maximum Gasteiger partial charge on any atom is 0.264 e. The SMILES string of the molecule is CSC(=C[N+](=O)[O-])Nc1cccc(C(=O)NCCSCc2ccc(CN(C)C)o2)c1. The van der Waals surface area contributed by atoms with Gasteiger partial charge in [-0.05, 0) is 50.7 Å². The number of carbonyl (C=O) groups is 1. The number of hydrogen-bond donors (Lipinski definition) is 2. The molecule has 2 rings (SSSR count). The fourth-order valence-electron chi connectivity index (χ4n) is 2.52. The molecule has 0 fully saturated rings. The molecule has 0 saturated carbocycles. The van der Waals surface area contributed by atoms with Crippen LogP contribution in [0.15, 0.2) is 52.0 Å². The molecule has 1 aromatic carbocycles. The van der Waals surface area contributed by atoms with E-state index in [1.807, 2.05) is 26.2 Å². The lowest BCUT2D eigenvalue weighted by atomic mass is 10.2. The van der Waals surface area contributed by atoms with E-state index in [-0.39, 0.29) is 5.91 Å². The van der Waals surface area contributed by atoms with Crippen molar-refractivity contribution in [2.45, 2.75) is 12.3 Å². The Morgan fingerprint density at radius 1 is 1.27 bits per heavy atom. The van der Waals surface area contributed by atoms with Gasteiger partial charge in [-0.1, -0.05) is 6.07 Å². The fourth-order valence-corrected chi connectivity index (χ4v) is 3.68. The summed E-state index contributed by atoms with van der Waals surface area (Å²) in [6.45, 7) is 1.30. The average molecular weight is 451 g/mol. The number of hydrogen-bond acceptors (Lipinski definition) is 8. The highest BCUT2D eigenvalue weighted by atomic mass is 32.2. The normalized spacial score (nSPS) is 11.5. The lowest BCUT2D eigenvalue weighted by molar-refractivity contribution is -0.402. The van der Waals surface area contributed by atoms with E-state index < -0.39 is 4.92 Å². The van der Waals surface area contributed by atoms with Gasteiger partial charge in [0.15, 0.2) is 0 Å². The molecule has 1 amide bonds. The van der Waals surface area contributed by atoms with E-state index in [0.29, 0.717) is 22.8 Å². The number of furan rings is 1. The standard InChI is InChI=1S/C20H26N4O4S2/c1-23(2)12-17-7-8-18(28-17)14-30-10-9-21-20(25)15-5-4-6-16(11-15)22-19(29-3)13-24(26)27/h4-8,11,13,22H,9-10,12,14H2,1-3H3,(H,21,25). The van der Waals surface area contributed by atoms with Gasteiger partial charge in [0.2, 0.25) is 0 Å². The maximum absolute atomic E-state index is 12.4. The summed E-state index contributed by atoms with van der Waals surface area (Å²) in [4.78, 5) is 24.5. The highest BCUT2D eigenvalue weighted by Gasteiger charge is 2.08. The first kappa shape index (κ1) is 23.8. The van der Waals surface area contributed by atoms with Crippen molar-refractivity contribution in [2.24, 2.45) is 0 Å². The van der Waals surface area contributed by atoms with E-state index in [4.69, 9.17) is 4.42 Å². The predicted molar refractivity (Wildman–Crippen MR) is 123 cm³/mol.